The third kappa shape index (κ3) is 52.6. The second kappa shape index (κ2) is 53.5. The van der Waals surface area contributed by atoms with Crippen molar-refractivity contribution in [3.8, 4) is 0 Å². The summed E-state index contributed by atoms with van der Waals surface area (Å²) in [7, 11) is 0.843. The standard InChI is InChI=1S/2C12H27P.C12H26S2.2Au/c2*1-4-7-10-13(11-8-5-2)12-9-6-3;13-11-9-7-5-3-1-2-4-6-8-10-12-14;;/h2*4-12H2,1-3H3;13-14H,1-12H2;;/q;;;2*+1/p-2. The summed E-state index contributed by atoms with van der Waals surface area (Å²) in [4.78, 5) is 0. The van der Waals surface area contributed by atoms with Crippen LogP contribution in [-0.2, 0) is 70.0 Å². The number of rotatable bonds is 29. The van der Waals surface area contributed by atoms with Crippen LogP contribution in [0.4, 0.5) is 0 Å². The first-order valence-electron chi connectivity index (χ1n) is 18.2. The van der Waals surface area contributed by atoms with Crippen LogP contribution in [0.25, 0.3) is 0 Å². The van der Waals surface area contributed by atoms with Gasteiger partial charge in [0.15, 0.2) is 0 Å². The predicted molar refractivity (Wildman–Crippen MR) is 203 cm³/mol. The Balaban J connectivity index is -0.000000159. The summed E-state index contributed by atoms with van der Waals surface area (Å²) >= 11 is 9.81. The number of hydrogen-bond acceptors (Lipinski definition) is 2. The Labute approximate surface area is 314 Å². The normalized spacial score (nSPS) is 10.4. The van der Waals surface area contributed by atoms with Gasteiger partial charge in [0, 0.05) is 0 Å². The Morgan fingerprint density at radius 2 is 0.452 bits per heavy atom. The molecule has 0 nitrogen and oxygen atoms in total. The molecule has 0 unspecified atom stereocenters. The maximum absolute atomic E-state index is 4.90. The zero-order chi connectivity index (χ0) is 30.4. The molecule has 0 aromatic carbocycles. The zero-order valence-electron chi connectivity index (χ0n) is 29.5. The van der Waals surface area contributed by atoms with Crippen LogP contribution in [0.1, 0.15) is 183 Å². The third-order valence-corrected chi connectivity index (χ3v) is 13.8. The molecule has 0 aromatic rings. The van der Waals surface area contributed by atoms with Gasteiger partial charge in [0.2, 0.25) is 0 Å². The van der Waals surface area contributed by atoms with Gasteiger partial charge in [-0.1, -0.05) is 144 Å². The molecular weight excluding hydrogens is 952 g/mol. The van der Waals surface area contributed by atoms with Gasteiger partial charge in [-0.15, -0.1) is 15.8 Å². The first-order valence-corrected chi connectivity index (χ1v) is 23.2. The van der Waals surface area contributed by atoms with Crippen LogP contribution in [0.15, 0.2) is 0 Å². The fourth-order valence-electron chi connectivity index (χ4n) is 4.58. The van der Waals surface area contributed by atoms with Gasteiger partial charge in [0.1, 0.15) is 0 Å². The van der Waals surface area contributed by atoms with Gasteiger partial charge in [-0.25, -0.2) is 0 Å². The van der Waals surface area contributed by atoms with E-state index in [1.807, 2.05) is 0 Å². The molecule has 0 saturated carbocycles. The van der Waals surface area contributed by atoms with Gasteiger partial charge in [-0.3, -0.25) is 0 Å². The molecule has 0 aliphatic heterocycles. The van der Waals surface area contributed by atoms with Crippen molar-refractivity contribution in [3.63, 3.8) is 0 Å². The summed E-state index contributed by atoms with van der Waals surface area (Å²) in [6.45, 7) is 13.9. The average Bonchev–Trinajstić information content (AvgIpc) is 2.98. The molecule has 0 N–H and O–H groups in total. The molecule has 0 bridgehead atoms. The van der Waals surface area contributed by atoms with Crippen molar-refractivity contribution >= 4 is 41.1 Å². The summed E-state index contributed by atoms with van der Waals surface area (Å²) in [6, 6.07) is 0. The summed E-state index contributed by atoms with van der Waals surface area (Å²) in [5.74, 6) is 1.89. The average molecular weight is 1030 g/mol. The maximum atomic E-state index is 4.90. The molecule has 42 heavy (non-hydrogen) atoms. The summed E-state index contributed by atoms with van der Waals surface area (Å²) < 4.78 is 0. The van der Waals surface area contributed by atoms with E-state index in [0.29, 0.717) is 15.8 Å². The van der Waals surface area contributed by atoms with Crippen LogP contribution in [-0.4, -0.2) is 48.5 Å². The van der Waals surface area contributed by atoms with Gasteiger partial charge in [0.05, 0.1) is 0 Å². The van der Waals surface area contributed by atoms with Crippen LogP contribution in [0, 0.1) is 0 Å². The predicted octanol–water partition coefficient (Wildman–Crippen LogP) is 13.7. The molecule has 0 spiro atoms. The smallest absolute Gasteiger partial charge is 0.793 e. The van der Waals surface area contributed by atoms with Gasteiger partial charge >= 0.3 is 44.8 Å². The molecule has 6 heteroatoms. The van der Waals surface area contributed by atoms with Crippen molar-refractivity contribution in [3.05, 3.63) is 0 Å². The van der Waals surface area contributed by atoms with Crippen LogP contribution < -0.4 is 0 Å². The summed E-state index contributed by atoms with van der Waals surface area (Å²) in [5, 5.41) is 0. The Hall–Kier alpha value is 3.04. The van der Waals surface area contributed by atoms with Gasteiger partial charge in [0.25, 0.3) is 0 Å². The van der Waals surface area contributed by atoms with Crippen LogP contribution in [0.2, 0.25) is 0 Å². The van der Waals surface area contributed by atoms with Gasteiger partial charge in [-0.2, -0.15) is 11.5 Å². The van der Waals surface area contributed by atoms with E-state index in [2.05, 4.69) is 41.5 Å². The first-order chi connectivity index (χ1) is 19.6. The molecule has 0 rings (SSSR count). The molecule has 0 aliphatic carbocycles. The SMILES string of the molecule is CCCCP(CCCC)CCCC.CCCCP(CCCC)CCCC.[Au+].[Au+].[S-]CCCCCCCCCCCC[S-]. The largest absolute Gasteiger partial charge is 1.00 e. The van der Waals surface area contributed by atoms with E-state index in [1.54, 1.807) is 37.0 Å². The molecule has 0 atom stereocenters. The Morgan fingerprint density at radius 1 is 0.286 bits per heavy atom. The molecule has 0 amide bonds. The van der Waals surface area contributed by atoms with E-state index in [1.165, 1.54) is 141 Å². The van der Waals surface area contributed by atoms with E-state index >= 15 is 0 Å². The molecule has 266 valence electrons. The van der Waals surface area contributed by atoms with Crippen LogP contribution in [0.5, 0.6) is 0 Å². The van der Waals surface area contributed by atoms with Crippen LogP contribution in [0.3, 0.4) is 0 Å². The second-order valence-corrected chi connectivity index (χ2v) is 17.9. The van der Waals surface area contributed by atoms with E-state index in [-0.39, 0.29) is 44.8 Å². The molecule has 0 saturated heterocycles. The number of unbranched alkanes of at least 4 members (excludes halogenated alkanes) is 15. The van der Waals surface area contributed by atoms with E-state index < -0.39 is 0 Å². The van der Waals surface area contributed by atoms with Gasteiger partial charge in [-0.05, 0) is 75.5 Å². The first kappa shape index (κ1) is 54.5. The minimum atomic E-state index is 0. The minimum Gasteiger partial charge on any atom is -0.793 e. The molecule has 0 fully saturated rings. The Morgan fingerprint density at radius 3 is 0.595 bits per heavy atom. The second-order valence-electron chi connectivity index (χ2n) is 11.7. The van der Waals surface area contributed by atoms with Crippen molar-refractivity contribution in [1.29, 1.82) is 0 Å². The Kier molecular flexibility index (Phi) is 69.4. The zero-order valence-corrected chi connectivity index (χ0v) is 37.3. The van der Waals surface area contributed by atoms with E-state index in [0.717, 1.165) is 11.5 Å². The summed E-state index contributed by atoms with van der Waals surface area (Å²) in [5.41, 5.74) is 0. The Bertz CT molecular complexity index is 333. The van der Waals surface area contributed by atoms with E-state index in [9.17, 15) is 0 Å². The quantitative estimate of drug-likeness (QED) is 0.0317. The fourth-order valence-corrected chi connectivity index (χ4v) is 10.9. The van der Waals surface area contributed by atoms with E-state index in [4.69, 9.17) is 25.3 Å². The van der Waals surface area contributed by atoms with Crippen molar-refractivity contribution in [2.45, 2.75) is 183 Å². The molecule has 0 heterocycles. The minimum absolute atomic E-state index is 0. The third-order valence-electron chi connectivity index (χ3n) is 7.51. The fraction of sp³-hybridized carbons (Fsp3) is 1.00. The van der Waals surface area contributed by atoms with Crippen molar-refractivity contribution in [2.24, 2.45) is 0 Å². The van der Waals surface area contributed by atoms with Crippen molar-refractivity contribution in [2.75, 3.05) is 48.5 Å². The monoisotopic (exact) mass is 1030 g/mol. The molecule has 0 aliphatic rings. The molecular formula is C36H78Au2P2S2. The van der Waals surface area contributed by atoms with Crippen LogP contribution >= 0.6 is 15.8 Å². The van der Waals surface area contributed by atoms with Gasteiger partial charge < -0.3 is 25.3 Å². The molecule has 0 radical (unpaired) electrons. The molecule has 0 aromatic heterocycles. The summed E-state index contributed by atoms with van der Waals surface area (Å²) in [6.07, 6.45) is 40.1. The topological polar surface area (TPSA) is 0 Å². The maximum Gasteiger partial charge on any atom is 1.00 e. The van der Waals surface area contributed by atoms with Crippen molar-refractivity contribution < 1.29 is 44.8 Å². The van der Waals surface area contributed by atoms with Crippen molar-refractivity contribution in [1.82, 2.24) is 0 Å². The number of hydrogen-bond donors (Lipinski definition) is 0.